The third-order valence-electron chi connectivity index (χ3n) is 5.30. The molecule has 0 saturated carbocycles. The van der Waals surface area contributed by atoms with E-state index in [2.05, 4.69) is 20.6 Å². The highest BCUT2D eigenvalue weighted by Crippen LogP contribution is 2.31. The van der Waals surface area contributed by atoms with E-state index in [1.807, 2.05) is 42.6 Å². The maximum absolute atomic E-state index is 13.5. The van der Waals surface area contributed by atoms with Gasteiger partial charge < -0.3 is 0 Å². The molecule has 0 fully saturated rings. The van der Waals surface area contributed by atoms with Gasteiger partial charge in [-0.1, -0.05) is 70.6 Å². The van der Waals surface area contributed by atoms with Gasteiger partial charge in [-0.2, -0.15) is 5.10 Å². The van der Waals surface area contributed by atoms with Crippen LogP contribution in [0, 0.1) is 5.82 Å². The molecule has 190 valence electrons. The van der Waals surface area contributed by atoms with E-state index in [4.69, 9.17) is 23.2 Å². The Morgan fingerprint density at radius 1 is 1.05 bits per heavy atom. The highest BCUT2D eigenvalue weighted by atomic mass is 35.5. The van der Waals surface area contributed by atoms with Crippen molar-refractivity contribution in [3.8, 4) is 16.9 Å². The summed E-state index contributed by atoms with van der Waals surface area (Å²) in [7, 11) is 0. The summed E-state index contributed by atoms with van der Waals surface area (Å²) in [5, 5.41) is 17.1. The fourth-order valence-electron chi connectivity index (χ4n) is 3.46. The van der Waals surface area contributed by atoms with Crippen molar-refractivity contribution in [2.24, 2.45) is 0 Å². The molecule has 11 heteroatoms. The molecule has 38 heavy (non-hydrogen) atoms. The van der Waals surface area contributed by atoms with Crippen LogP contribution in [0.1, 0.15) is 11.1 Å². The van der Waals surface area contributed by atoms with Crippen LogP contribution in [0.4, 0.5) is 9.52 Å². The lowest BCUT2D eigenvalue weighted by molar-refractivity contribution is -0.111. The molecule has 0 radical (unpaired) electrons. The molecule has 3 aromatic carbocycles. The number of carbonyl (C=O) groups is 1. The van der Waals surface area contributed by atoms with Gasteiger partial charge in [0.1, 0.15) is 5.82 Å². The van der Waals surface area contributed by atoms with Gasteiger partial charge in [-0.15, -0.1) is 10.2 Å². The van der Waals surface area contributed by atoms with Crippen LogP contribution in [0.3, 0.4) is 0 Å². The Bertz CT molecular complexity index is 1600. The smallest absolute Gasteiger partial charge is 0.250 e. The Morgan fingerprint density at radius 2 is 1.84 bits per heavy atom. The van der Waals surface area contributed by atoms with Crippen LogP contribution in [0.2, 0.25) is 10.0 Å². The molecule has 0 aliphatic heterocycles. The fourth-order valence-corrected chi connectivity index (χ4v) is 5.78. The molecule has 0 unspecified atom stereocenters. The normalized spacial score (nSPS) is 11.2. The van der Waals surface area contributed by atoms with Crippen molar-refractivity contribution in [3.63, 3.8) is 0 Å². The highest BCUT2D eigenvalue weighted by Gasteiger charge is 2.13. The second-order valence-electron chi connectivity index (χ2n) is 7.94. The lowest BCUT2D eigenvalue weighted by atomic mass is 10.1. The molecule has 1 amide bonds. The first kappa shape index (κ1) is 26.1. The summed E-state index contributed by atoms with van der Waals surface area (Å²) in [6.45, 7) is 0. The quantitative estimate of drug-likeness (QED) is 0.115. The molecular weight excluding hydrogens is 564 g/mol. The average molecular weight is 583 g/mol. The van der Waals surface area contributed by atoms with E-state index in [0.29, 0.717) is 36.5 Å². The van der Waals surface area contributed by atoms with E-state index in [-0.39, 0.29) is 11.7 Å². The van der Waals surface area contributed by atoms with Crippen LogP contribution in [-0.4, -0.2) is 25.9 Å². The second kappa shape index (κ2) is 11.9. The van der Waals surface area contributed by atoms with Crippen molar-refractivity contribution in [2.75, 3.05) is 5.32 Å². The van der Waals surface area contributed by atoms with Gasteiger partial charge in [0.2, 0.25) is 11.0 Å². The number of rotatable bonds is 8. The molecule has 5 aromatic rings. The second-order valence-corrected chi connectivity index (χ2v) is 11.0. The van der Waals surface area contributed by atoms with Gasteiger partial charge >= 0.3 is 0 Å². The summed E-state index contributed by atoms with van der Waals surface area (Å²) in [5.41, 5.74) is 3.83. The number of aromatic nitrogens is 4. The van der Waals surface area contributed by atoms with Gasteiger partial charge in [-0.25, -0.2) is 9.07 Å². The van der Waals surface area contributed by atoms with Crippen LogP contribution in [0.25, 0.3) is 23.0 Å². The number of carbonyl (C=O) groups excluding carboxylic acids is 1. The number of benzene rings is 3. The molecule has 2 heterocycles. The Balaban J connectivity index is 1.29. The highest BCUT2D eigenvalue weighted by molar-refractivity contribution is 8.00. The first-order valence-electron chi connectivity index (χ1n) is 11.2. The number of halogens is 3. The summed E-state index contributed by atoms with van der Waals surface area (Å²) in [5.74, 6) is -0.106. The topological polar surface area (TPSA) is 72.7 Å². The van der Waals surface area contributed by atoms with Crippen molar-refractivity contribution >= 4 is 63.4 Å². The third-order valence-corrected chi connectivity index (χ3v) is 7.91. The molecule has 0 atom stereocenters. The number of amides is 1. The zero-order valence-electron chi connectivity index (χ0n) is 19.5. The number of anilines is 1. The maximum atomic E-state index is 13.5. The fraction of sp³-hybridized carbons (Fsp3) is 0.0370. The minimum Gasteiger partial charge on any atom is -0.297 e. The summed E-state index contributed by atoms with van der Waals surface area (Å²) in [6.07, 6.45) is 4.89. The standard InChI is InChI=1S/C27H18Cl2FN5OS2/c28-20-10-6-19(23(29)14-20)16-37-27-33-32-26(38-27)31-24(36)13-9-18-15-35(22-4-2-1-3-5-22)34-25(18)17-7-11-21(30)12-8-17/h1-15H,16H2,(H,31,32,36). The monoisotopic (exact) mass is 581 g/mol. The van der Waals surface area contributed by atoms with E-state index in [9.17, 15) is 9.18 Å². The zero-order chi connectivity index (χ0) is 26.5. The van der Waals surface area contributed by atoms with Crippen molar-refractivity contribution in [1.29, 1.82) is 0 Å². The molecule has 0 aliphatic rings. The van der Waals surface area contributed by atoms with E-state index in [1.165, 1.54) is 41.3 Å². The molecule has 0 bridgehead atoms. The molecule has 0 aliphatic carbocycles. The number of nitrogens with one attached hydrogen (secondary N) is 1. The largest absolute Gasteiger partial charge is 0.297 e. The van der Waals surface area contributed by atoms with Crippen molar-refractivity contribution < 1.29 is 9.18 Å². The number of nitrogens with zero attached hydrogens (tertiary/aromatic N) is 4. The lowest BCUT2D eigenvalue weighted by Crippen LogP contribution is -2.07. The van der Waals surface area contributed by atoms with E-state index in [0.717, 1.165) is 16.8 Å². The number of thioether (sulfide) groups is 1. The molecular formula is C27H18Cl2FN5OS2. The van der Waals surface area contributed by atoms with Crippen molar-refractivity contribution in [2.45, 2.75) is 10.1 Å². The summed E-state index contributed by atoms with van der Waals surface area (Å²) in [6, 6.07) is 21.0. The predicted octanol–water partition coefficient (Wildman–Crippen LogP) is 7.78. The summed E-state index contributed by atoms with van der Waals surface area (Å²) in [4.78, 5) is 12.6. The Morgan fingerprint density at radius 3 is 2.61 bits per heavy atom. The number of para-hydroxylation sites is 1. The van der Waals surface area contributed by atoms with Crippen LogP contribution in [0.15, 0.2) is 89.4 Å². The molecule has 0 saturated heterocycles. The van der Waals surface area contributed by atoms with Gasteiger partial charge in [-0.3, -0.25) is 10.1 Å². The minimum atomic E-state index is -0.365. The van der Waals surface area contributed by atoms with Crippen LogP contribution in [0.5, 0.6) is 0 Å². The Hall–Kier alpha value is -3.50. The van der Waals surface area contributed by atoms with Gasteiger partial charge in [-0.05, 0) is 60.2 Å². The number of hydrogen-bond acceptors (Lipinski definition) is 6. The van der Waals surface area contributed by atoms with E-state index >= 15 is 0 Å². The zero-order valence-corrected chi connectivity index (χ0v) is 22.7. The molecule has 6 nitrogen and oxygen atoms in total. The van der Waals surface area contributed by atoms with Gasteiger partial charge in [0.05, 0.1) is 11.4 Å². The van der Waals surface area contributed by atoms with Gasteiger partial charge in [0, 0.05) is 39.2 Å². The van der Waals surface area contributed by atoms with Crippen LogP contribution in [-0.2, 0) is 10.5 Å². The van der Waals surface area contributed by atoms with E-state index < -0.39 is 0 Å². The average Bonchev–Trinajstić information content (AvgIpc) is 3.55. The summed E-state index contributed by atoms with van der Waals surface area (Å²) < 4.78 is 15.9. The van der Waals surface area contributed by atoms with Crippen LogP contribution >= 0.6 is 46.3 Å². The first-order chi connectivity index (χ1) is 18.4. The Kier molecular flexibility index (Phi) is 8.19. The van der Waals surface area contributed by atoms with Crippen molar-refractivity contribution in [1.82, 2.24) is 20.0 Å². The molecule has 5 rings (SSSR count). The third kappa shape index (κ3) is 6.49. The first-order valence-corrected chi connectivity index (χ1v) is 13.8. The molecule has 2 aromatic heterocycles. The Labute approximate surface area is 236 Å². The predicted molar refractivity (Wildman–Crippen MR) is 153 cm³/mol. The molecule has 0 spiro atoms. The van der Waals surface area contributed by atoms with Gasteiger partial charge in [0.25, 0.3) is 0 Å². The SMILES string of the molecule is O=C(C=Cc1cn(-c2ccccc2)nc1-c1ccc(F)cc1)Nc1nnc(SCc2ccc(Cl)cc2Cl)s1. The lowest BCUT2D eigenvalue weighted by Gasteiger charge is -2.02. The van der Waals surface area contributed by atoms with Crippen LogP contribution < -0.4 is 5.32 Å². The maximum Gasteiger partial charge on any atom is 0.250 e. The van der Waals surface area contributed by atoms with E-state index in [1.54, 1.807) is 35.0 Å². The molecule has 1 N–H and O–H groups in total. The van der Waals surface area contributed by atoms with Crippen molar-refractivity contribution in [3.05, 3.63) is 112 Å². The minimum absolute atomic E-state index is 0.335. The number of hydrogen-bond donors (Lipinski definition) is 1. The summed E-state index contributed by atoms with van der Waals surface area (Å²) >= 11 is 14.9. The van der Waals surface area contributed by atoms with Gasteiger partial charge in [0.15, 0.2) is 4.34 Å².